The zero-order valence-electron chi connectivity index (χ0n) is 25.5. The number of ether oxygens (including phenoxy) is 4. The minimum absolute atomic E-state index is 0.132. The second-order valence-corrected chi connectivity index (χ2v) is 11.8. The van der Waals surface area contributed by atoms with E-state index < -0.39 is 72.1 Å². The summed E-state index contributed by atoms with van der Waals surface area (Å²) in [6.45, 7) is 9.00. The van der Waals surface area contributed by atoms with Crippen molar-refractivity contribution in [2.75, 3.05) is 13.2 Å². The molecule has 44 heavy (non-hydrogen) atoms. The average molecular weight is 621 g/mol. The maximum Gasteiger partial charge on any atom is 0.408 e. The van der Waals surface area contributed by atoms with E-state index in [-0.39, 0.29) is 24.3 Å². The highest BCUT2D eigenvalue weighted by Crippen LogP contribution is 2.26. The molecule has 0 aliphatic heterocycles. The van der Waals surface area contributed by atoms with Crippen LogP contribution in [0, 0.1) is 0 Å². The van der Waals surface area contributed by atoms with Crippen LogP contribution in [0.5, 0.6) is 23.0 Å². The summed E-state index contributed by atoms with van der Waals surface area (Å²) in [7, 11) is 0. The smallest absolute Gasteiger partial charge is 0.408 e. The molecule has 0 radical (unpaired) electrons. The Morgan fingerprint density at radius 2 is 0.955 bits per heavy atom. The summed E-state index contributed by atoms with van der Waals surface area (Å²) in [5.41, 5.74) is -0.930. The molecular formula is C30H40N2O12. The molecular weight excluding hydrogens is 580 g/mol. The van der Waals surface area contributed by atoms with Crippen molar-refractivity contribution in [2.24, 2.45) is 0 Å². The SMILES string of the molecule is CC(C)(C)OC(=O)NC(Cc1ccc(O)c(O)c1)C(=O)OCCOC(=O)C(Cc1ccc(O)c(O)c1)NC(=O)OC(C)(C)C. The van der Waals surface area contributed by atoms with Crippen LogP contribution in [0.1, 0.15) is 52.7 Å². The van der Waals surface area contributed by atoms with E-state index in [1.54, 1.807) is 41.5 Å². The number of hydrogen-bond acceptors (Lipinski definition) is 12. The molecule has 2 amide bonds. The monoisotopic (exact) mass is 620 g/mol. The van der Waals surface area contributed by atoms with Gasteiger partial charge >= 0.3 is 24.1 Å². The van der Waals surface area contributed by atoms with Gasteiger partial charge < -0.3 is 50.0 Å². The average Bonchev–Trinajstić information content (AvgIpc) is 2.87. The summed E-state index contributed by atoms with van der Waals surface area (Å²) in [5, 5.41) is 43.6. The van der Waals surface area contributed by atoms with E-state index in [9.17, 15) is 39.6 Å². The number of carbonyl (C=O) groups is 4. The van der Waals surface area contributed by atoms with Crippen molar-refractivity contribution in [2.45, 2.75) is 77.7 Å². The molecule has 2 atom stereocenters. The first-order valence-corrected chi connectivity index (χ1v) is 13.7. The number of carbonyl (C=O) groups excluding carboxylic acids is 4. The summed E-state index contributed by atoms with van der Waals surface area (Å²) in [6, 6.07) is 5.24. The van der Waals surface area contributed by atoms with Gasteiger partial charge in [0.2, 0.25) is 0 Å². The van der Waals surface area contributed by atoms with E-state index in [0.717, 1.165) is 0 Å². The minimum atomic E-state index is -1.27. The fraction of sp³-hybridized carbons (Fsp3) is 0.467. The van der Waals surface area contributed by atoms with Gasteiger partial charge in [-0.05, 0) is 76.9 Å². The van der Waals surface area contributed by atoms with Crippen molar-refractivity contribution in [1.29, 1.82) is 0 Å². The van der Waals surface area contributed by atoms with Crippen molar-refractivity contribution in [3.05, 3.63) is 47.5 Å². The molecule has 0 aromatic heterocycles. The van der Waals surface area contributed by atoms with Gasteiger partial charge in [0, 0.05) is 12.8 Å². The quantitative estimate of drug-likeness (QED) is 0.0926. The highest BCUT2D eigenvalue weighted by atomic mass is 16.6. The van der Waals surface area contributed by atoms with E-state index in [0.29, 0.717) is 11.1 Å². The Balaban J connectivity index is 2.06. The first-order valence-electron chi connectivity index (χ1n) is 13.7. The highest BCUT2D eigenvalue weighted by Gasteiger charge is 2.28. The lowest BCUT2D eigenvalue weighted by atomic mass is 10.1. The van der Waals surface area contributed by atoms with Gasteiger partial charge in [-0.3, -0.25) is 0 Å². The van der Waals surface area contributed by atoms with Crippen LogP contribution in [-0.2, 0) is 41.4 Å². The lowest BCUT2D eigenvalue weighted by Gasteiger charge is -2.23. The molecule has 0 saturated carbocycles. The lowest BCUT2D eigenvalue weighted by Crippen LogP contribution is -2.46. The molecule has 14 nitrogen and oxygen atoms in total. The van der Waals surface area contributed by atoms with Crippen LogP contribution in [0.3, 0.4) is 0 Å². The van der Waals surface area contributed by atoms with Gasteiger partial charge in [0.1, 0.15) is 36.5 Å². The number of hydrogen-bond donors (Lipinski definition) is 6. The molecule has 0 aliphatic rings. The third-order valence-corrected chi connectivity index (χ3v) is 5.48. The van der Waals surface area contributed by atoms with Gasteiger partial charge in [-0.15, -0.1) is 0 Å². The number of nitrogens with one attached hydrogen (secondary N) is 2. The van der Waals surface area contributed by atoms with Gasteiger partial charge in [-0.1, -0.05) is 12.1 Å². The van der Waals surface area contributed by atoms with Gasteiger partial charge in [-0.2, -0.15) is 0 Å². The number of esters is 2. The number of alkyl carbamates (subject to hydrolysis) is 2. The zero-order chi connectivity index (χ0) is 33.2. The van der Waals surface area contributed by atoms with Crippen LogP contribution < -0.4 is 10.6 Å². The van der Waals surface area contributed by atoms with Crippen molar-refractivity contribution in [3.8, 4) is 23.0 Å². The molecule has 0 saturated heterocycles. The maximum atomic E-state index is 12.9. The number of amides is 2. The first kappa shape index (κ1) is 35.3. The summed E-state index contributed by atoms with van der Waals surface area (Å²) in [6.07, 6.45) is -2.06. The van der Waals surface area contributed by atoms with E-state index in [1.807, 2.05) is 0 Å². The standard InChI is InChI=1S/C30H40N2O12/c1-29(2,3)43-27(39)31-19(13-17-7-9-21(33)23(35)15-17)25(37)41-11-12-42-26(38)20(32-28(40)44-30(4,5)6)14-18-8-10-22(34)24(36)16-18/h7-10,15-16,19-20,33-36H,11-14H2,1-6H3,(H,31,39)(H,32,40). The topological polar surface area (TPSA) is 210 Å². The van der Waals surface area contributed by atoms with Crippen LogP contribution in [-0.4, -0.2) is 81.1 Å². The van der Waals surface area contributed by atoms with E-state index >= 15 is 0 Å². The maximum absolute atomic E-state index is 12.9. The summed E-state index contributed by atoms with van der Waals surface area (Å²) in [5.74, 6) is -3.37. The number of rotatable bonds is 11. The Kier molecular flexibility index (Phi) is 12.1. The van der Waals surface area contributed by atoms with E-state index in [2.05, 4.69) is 10.6 Å². The highest BCUT2D eigenvalue weighted by molar-refractivity contribution is 5.83. The predicted octanol–water partition coefficient (Wildman–Crippen LogP) is 3.17. The first-order chi connectivity index (χ1) is 20.3. The van der Waals surface area contributed by atoms with Gasteiger partial charge in [0.05, 0.1) is 0 Å². The fourth-order valence-electron chi connectivity index (χ4n) is 3.64. The third-order valence-electron chi connectivity index (χ3n) is 5.48. The van der Waals surface area contributed by atoms with Crippen molar-refractivity contribution < 1.29 is 58.6 Å². The van der Waals surface area contributed by atoms with Gasteiger partial charge in [0.15, 0.2) is 23.0 Å². The van der Waals surface area contributed by atoms with Crippen molar-refractivity contribution in [3.63, 3.8) is 0 Å². The Hall–Kier alpha value is -4.88. The molecule has 242 valence electrons. The van der Waals surface area contributed by atoms with Gasteiger partial charge in [-0.25, -0.2) is 19.2 Å². The summed E-state index contributed by atoms with van der Waals surface area (Å²) >= 11 is 0. The van der Waals surface area contributed by atoms with Crippen molar-refractivity contribution in [1.82, 2.24) is 10.6 Å². The van der Waals surface area contributed by atoms with E-state index in [1.165, 1.54) is 36.4 Å². The van der Waals surface area contributed by atoms with E-state index in [4.69, 9.17) is 18.9 Å². The van der Waals surface area contributed by atoms with Crippen molar-refractivity contribution >= 4 is 24.1 Å². The Labute approximate surface area is 254 Å². The molecule has 2 aromatic carbocycles. The molecule has 6 N–H and O–H groups in total. The molecule has 0 aliphatic carbocycles. The molecule has 2 unspecified atom stereocenters. The molecule has 14 heteroatoms. The number of aromatic hydroxyl groups is 4. The van der Waals surface area contributed by atoms with Crippen LogP contribution >= 0.6 is 0 Å². The molecule has 0 spiro atoms. The second-order valence-electron chi connectivity index (χ2n) is 11.8. The zero-order valence-corrected chi connectivity index (χ0v) is 25.5. The van der Waals surface area contributed by atoms with Gasteiger partial charge in [0.25, 0.3) is 0 Å². The Morgan fingerprint density at radius 1 is 0.614 bits per heavy atom. The molecule has 2 rings (SSSR count). The molecule has 0 bridgehead atoms. The van der Waals surface area contributed by atoms with Crippen LogP contribution in [0.2, 0.25) is 0 Å². The van der Waals surface area contributed by atoms with Crippen LogP contribution in [0.25, 0.3) is 0 Å². The number of benzene rings is 2. The largest absolute Gasteiger partial charge is 0.504 e. The van der Waals surface area contributed by atoms with Crippen LogP contribution in [0.4, 0.5) is 9.59 Å². The summed E-state index contributed by atoms with van der Waals surface area (Å²) in [4.78, 5) is 50.5. The number of phenols is 4. The normalized spacial score (nSPS) is 12.8. The lowest BCUT2D eigenvalue weighted by molar-refractivity contribution is -0.154. The Morgan fingerprint density at radius 3 is 1.25 bits per heavy atom. The second kappa shape index (κ2) is 15.0. The Bertz CT molecular complexity index is 1230. The molecule has 0 fully saturated rings. The predicted molar refractivity (Wildman–Crippen MR) is 155 cm³/mol. The van der Waals surface area contributed by atoms with Crippen LogP contribution in [0.15, 0.2) is 36.4 Å². The minimum Gasteiger partial charge on any atom is -0.504 e. The summed E-state index contributed by atoms with van der Waals surface area (Å²) < 4.78 is 20.9. The third kappa shape index (κ3) is 12.5. The molecule has 0 heterocycles. The fourth-order valence-corrected chi connectivity index (χ4v) is 3.64. The number of phenolic OH excluding ortho intramolecular Hbond substituents is 4. The molecule has 2 aromatic rings.